The molecule has 0 radical (unpaired) electrons. The molecule has 1 saturated heterocycles. The molecule has 7 heteroatoms. The van der Waals surface area contributed by atoms with Gasteiger partial charge in [0.05, 0.1) is 30.0 Å². The molecule has 3 aromatic rings. The number of furan rings is 1. The van der Waals surface area contributed by atoms with E-state index in [0.29, 0.717) is 24.2 Å². The summed E-state index contributed by atoms with van der Waals surface area (Å²) >= 11 is 0. The Balaban J connectivity index is 1.59. The minimum absolute atomic E-state index is 0.0157. The van der Waals surface area contributed by atoms with Gasteiger partial charge in [-0.25, -0.2) is 4.68 Å². The first kappa shape index (κ1) is 18.4. The molecule has 1 aliphatic heterocycles. The van der Waals surface area contributed by atoms with Crippen molar-refractivity contribution in [3.05, 3.63) is 64.5 Å². The third-order valence-electron chi connectivity index (χ3n) is 5.06. The highest BCUT2D eigenvalue weighted by molar-refractivity contribution is 5.83. The number of hydrogen-bond acceptors (Lipinski definition) is 5. The van der Waals surface area contributed by atoms with Gasteiger partial charge in [-0.1, -0.05) is 18.2 Å². The van der Waals surface area contributed by atoms with Gasteiger partial charge >= 0.3 is 0 Å². The number of hydrogen-bond donors (Lipinski definition) is 0. The molecule has 0 N–H and O–H groups in total. The van der Waals surface area contributed by atoms with Gasteiger partial charge in [0.25, 0.3) is 5.56 Å². The number of nitrogens with zero attached hydrogens (tertiary/aromatic N) is 3. The molecule has 1 unspecified atom stereocenters. The standard InChI is InChI=1S/C21H23N3O4/c1-15-18-8-2-3-9-19(18)21(26)24(22-15)14-20(25)23(12-16-6-4-10-27-16)13-17-7-5-11-28-17/h2-4,6,8-10,17H,5,7,11-14H2,1H3. The van der Waals surface area contributed by atoms with Gasteiger partial charge in [-0.15, -0.1) is 0 Å². The Hall–Kier alpha value is -2.93. The molecule has 1 aromatic carbocycles. The van der Waals surface area contributed by atoms with Crippen LogP contribution < -0.4 is 5.56 Å². The molecule has 0 spiro atoms. The molecule has 3 heterocycles. The van der Waals surface area contributed by atoms with Crippen molar-refractivity contribution < 1.29 is 13.9 Å². The van der Waals surface area contributed by atoms with Crippen molar-refractivity contribution in [3.63, 3.8) is 0 Å². The number of benzene rings is 1. The molecule has 28 heavy (non-hydrogen) atoms. The van der Waals surface area contributed by atoms with Crippen LogP contribution >= 0.6 is 0 Å². The van der Waals surface area contributed by atoms with Crippen molar-refractivity contribution >= 4 is 16.7 Å². The van der Waals surface area contributed by atoms with Gasteiger partial charge < -0.3 is 14.1 Å². The van der Waals surface area contributed by atoms with Crippen LogP contribution in [0.4, 0.5) is 0 Å². The molecule has 1 amide bonds. The van der Waals surface area contributed by atoms with Crippen molar-refractivity contribution in [2.75, 3.05) is 13.2 Å². The minimum atomic E-state index is -0.260. The minimum Gasteiger partial charge on any atom is -0.467 e. The first-order valence-corrected chi connectivity index (χ1v) is 9.50. The second-order valence-electron chi connectivity index (χ2n) is 7.08. The van der Waals surface area contributed by atoms with E-state index in [-0.39, 0.29) is 24.1 Å². The molecule has 0 aliphatic carbocycles. The Labute approximate surface area is 162 Å². The average molecular weight is 381 g/mol. The number of carbonyl (C=O) groups is 1. The van der Waals surface area contributed by atoms with Crippen LogP contribution in [0.3, 0.4) is 0 Å². The highest BCUT2D eigenvalue weighted by Gasteiger charge is 2.24. The van der Waals surface area contributed by atoms with Gasteiger partial charge in [0, 0.05) is 18.5 Å². The highest BCUT2D eigenvalue weighted by Crippen LogP contribution is 2.16. The predicted octanol–water partition coefficient (Wildman–Crippen LogP) is 2.51. The zero-order valence-corrected chi connectivity index (χ0v) is 15.8. The van der Waals surface area contributed by atoms with Crippen molar-refractivity contribution in [1.29, 1.82) is 0 Å². The van der Waals surface area contributed by atoms with Crippen LogP contribution in [0, 0.1) is 6.92 Å². The molecular formula is C21H23N3O4. The van der Waals surface area contributed by atoms with Crippen LogP contribution in [-0.4, -0.2) is 39.8 Å². The largest absolute Gasteiger partial charge is 0.467 e. The van der Waals surface area contributed by atoms with E-state index >= 15 is 0 Å². The summed E-state index contributed by atoms with van der Waals surface area (Å²) in [7, 11) is 0. The maximum atomic E-state index is 13.1. The van der Waals surface area contributed by atoms with Crippen LogP contribution in [0.25, 0.3) is 10.8 Å². The summed E-state index contributed by atoms with van der Waals surface area (Å²) in [5.41, 5.74) is 0.462. The fourth-order valence-electron chi connectivity index (χ4n) is 3.62. The van der Waals surface area contributed by atoms with Crippen LogP contribution in [0.5, 0.6) is 0 Å². The molecule has 1 atom stereocenters. The third-order valence-corrected chi connectivity index (χ3v) is 5.06. The maximum absolute atomic E-state index is 13.1. The highest BCUT2D eigenvalue weighted by atomic mass is 16.5. The zero-order chi connectivity index (χ0) is 19.5. The molecule has 1 aliphatic rings. The lowest BCUT2D eigenvalue weighted by molar-refractivity contribution is -0.134. The van der Waals surface area contributed by atoms with Crippen molar-refractivity contribution in [3.8, 4) is 0 Å². The summed E-state index contributed by atoms with van der Waals surface area (Å²) in [5, 5.41) is 5.73. The quantitative estimate of drug-likeness (QED) is 0.656. The maximum Gasteiger partial charge on any atom is 0.275 e. The Kier molecular flexibility index (Phi) is 5.25. The summed E-state index contributed by atoms with van der Waals surface area (Å²) in [4.78, 5) is 27.5. The summed E-state index contributed by atoms with van der Waals surface area (Å²) in [6, 6.07) is 10.9. The fraction of sp³-hybridized carbons (Fsp3) is 0.381. The zero-order valence-electron chi connectivity index (χ0n) is 15.8. The topological polar surface area (TPSA) is 77.6 Å². The van der Waals surface area contributed by atoms with Crippen LogP contribution in [-0.2, 0) is 22.6 Å². The van der Waals surface area contributed by atoms with Crippen LogP contribution in [0.15, 0.2) is 51.9 Å². The number of rotatable bonds is 6. The number of ether oxygens (including phenoxy) is 1. The summed E-state index contributed by atoms with van der Waals surface area (Å²) in [6.07, 6.45) is 3.53. The van der Waals surface area contributed by atoms with Gasteiger partial charge in [-0.2, -0.15) is 5.10 Å². The van der Waals surface area contributed by atoms with E-state index in [0.717, 1.165) is 30.5 Å². The molecular weight excluding hydrogens is 358 g/mol. The van der Waals surface area contributed by atoms with E-state index in [4.69, 9.17) is 9.15 Å². The molecule has 7 nitrogen and oxygen atoms in total. The monoisotopic (exact) mass is 381 g/mol. The Morgan fingerprint density at radius 3 is 2.79 bits per heavy atom. The van der Waals surface area contributed by atoms with Gasteiger partial charge in [-0.05, 0) is 38.0 Å². The second kappa shape index (κ2) is 7.98. The van der Waals surface area contributed by atoms with Gasteiger partial charge in [-0.3, -0.25) is 9.59 Å². The average Bonchev–Trinajstić information content (AvgIpc) is 3.39. The molecule has 0 saturated carbocycles. The van der Waals surface area contributed by atoms with E-state index in [2.05, 4.69) is 5.10 Å². The van der Waals surface area contributed by atoms with Crippen LogP contribution in [0.2, 0.25) is 0 Å². The third kappa shape index (κ3) is 3.84. The molecule has 0 bridgehead atoms. The van der Waals surface area contributed by atoms with E-state index < -0.39 is 0 Å². The number of fused-ring (bicyclic) bond motifs is 1. The van der Waals surface area contributed by atoms with Crippen molar-refractivity contribution in [1.82, 2.24) is 14.7 Å². The van der Waals surface area contributed by atoms with Gasteiger partial charge in [0.15, 0.2) is 0 Å². The first-order valence-electron chi connectivity index (χ1n) is 9.50. The Bertz CT molecular complexity index is 1020. The number of amides is 1. The lowest BCUT2D eigenvalue weighted by Gasteiger charge is -2.25. The molecule has 2 aromatic heterocycles. The lowest BCUT2D eigenvalue weighted by Crippen LogP contribution is -2.41. The van der Waals surface area contributed by atoms with Gasteiger partial charge in [0.2, 0.25) is 5.91 Å². The van der Waals surface area contributed by atoms with Crippen LogP contribution in [0.1, 0.15) is 24.3 Å². The Morgan fingerprint density at radius 1 is 1.25 bits per heavy atom. The van der Waals surface area contributed by atoms with E-state index in [1.165, 1.54) is 4.68 Å². The first-order chi connectivity index (χ1) is 13.6. The molecule has 1 fully saturated rings. The number of carbonyl (C=O) groups excluding carboxylic acids is 1. The summed E-state index contributed by atoms with van der Waals surface area (Å²) in [5.74, 6) is 0.512. The summed E-state index contributed by atoms with van der Waals surface area (Å²) in [6.45, 7) is 3.26. The smallest absolute Gasteiger partial charge is 0.275 e. The van der Waals surface area contributed by atoms with E-state index in [1.807, 2.05) is 31.2 Å². The van der Waals surface area contributed by atoms with Crippen molar-refractivity contribution in [2.45, 2.75) is 39.0 Å². The number of aryl methyl sites for hydroxylation is 1. The van der Waals surface area contributed by atoms with E-state index in [9.17, 15) is 9.59 Å². The Morgan fingerprint density at radius 2 is 2.07 bits per heavy atom. The fourth-order valence-corrected chi connectivity index (χ4v) is 3.62. The molecule has 4 rings (SSSR count). The SMILES string of the molecule is Cc1nn(CC(=O)N(Cc2ccco2)CC2CCCO2)c(=O)c2ccccc12. The van der Waals surface area contributed by atoms with Crippen molar-refractivity contribution in [2.24, 2.45) is 0 Å². The normalized spacial score (nSPS) is 16.5. The lowest BCUT2D eigenvalue weighted by atomic mass is 10.1. The van der Waals surface area contributed by atoms with E-state index in [1.54, 1.807) is 23.3 Å². The number of aromatic nitrogens is 2. The summed E-state index contributed by atoms with van der Waals surface area (Å²) < 4.78 is 12.4. The molecule has 146 valence electrons. The predicted molar refractivity (Wildman–Crippen MR) is 104 cm³/mol. The second-order valence-corrected chi connectivity index (χ2v) is 7.08. The van der Waals surface area contributed by atoms with Gasteiger partial charge in [0.1, 0.15) is 12.3 Å².